The molecule has 0 aliphatic carbocycles. The van der Waals surface area contributed by atoms with Gasteiger partial charge in [-0.2, -0.15) is 5.26 Å². The van der Waals surface area contributed by atoms with Crippen molar-refractivity contribution in [2.45, 2.75) is 19.4 Å². The van der Waals surface area contributed by atoms with Gasteiger partial charge in [-0.1, -0.05) is 30.1 Å². The van der Waals surface area contributed by atoms with Crippen LogP contribution in [-0.4, -0.2) is 19.2 Å². The molecule has 1 unspecified atom stereocenters. The average Bonchev–Trinajstić information content (AvgIpc) is 2.61. The molecule has 0 saturated carbocycles. The van der Waals surface area contributed by atoms with E-state index in [0.717, 1.165) is 0 Å². The minimum absolute atomic E-state index is 0.224. The molecule has 2 rings (SSSR count). The standard InChI is InChI=1S/C18H15Cl2NO4/c1-3-15(18(22)23-2)25-17-9-13(6-4-11(17)10-21)24-16-7-5-12(19)8-14(16)20/h4-9,15H,3H2,1-2H3. The molecule has 0 radical (unpaired) electrons. The third-order valence-corrected chi connectivity index (χ3v) is 3.83. The summed E-state index contributed by atoms with van der Waals surface area (Å²) < 4.78 is 16.0. The smallest absolute Gasteiger partial charge is 0.347 e. The molecular weight excluding hydrogens is 365 g/mol. The van der Waals surface area contributed by atoms with E-state index in [0.29, 0.717) is 28.0 Å². The molecule has 130 valence electrons. The molecule has 0 saturated heterocycles. The lowest BCUT2D eigenvalue weighted by Gasteiger charge is -2.17. The van der Waals surface area contributed by atoms with Crippen molar-refractivity contribution in [1.82, 2.24) is 0 Å². The summed E-state index contributed by atoms with van der Waals surface area (Å²) in [6.07, 6.45) is -0.419. The van der Waals surface area contributed by atoms with Crippen LogP contribution in [0.25, 0.3) is 0 Å². The first-order valence-electron chi connectivity index (χ1n) is 7.40. The van der Waals surface area contributed by atoms with Crippen molar-refractivity contribution in [2.75, 3.05) is 7.11 Å². The van der Waals surface area contributed by atoms with E-state index in [-0.39, 0.29) is 11.3 Å². The molecule has 0 aliphatic rings. The number of ether oxygens (including phenoxy) is 3. The molecule has 0 fully saturated rings. The number of esters is 1. The summed E-state index contributed by atoms with van der Waals surface area (Å²) in [7, 11) is 1.28. The second-order valence-electron chi connectivity index (χ2n) is 4.98. The van der Waals surface area contributed by atoms with Crippen LogP contribution in [0.15, 0.2) is 36.4 Å². The van der Waals surface area contributed by atoms with Crippen LogP contribution in [0.1, 0.15) is 18.9 Å². The van der Waals surface area contributed by atoms with Crippen LogP contribution in [0.5, 0.6) is 17.2 Å². The van der Waals surface area contributed by atoms with E-state index in [9.17, 15) is 10.1 Å². The number of rotatable bonds is 6. The van der Waals surface area contributed by atoms with Gasteiger partial charge in [0.25, 0.3) is 0 Å². The molecule has 0 aliphatic heterocycles. The Labute approximate surface area is 155 Å². The van der Waals surface area contributed by atoms with Crippen molar-refractivity contribution in [3.8, 4) is 23.3 Å². The summed E-state index contributed by atoms with van der Waals surface area (Å²) in [4.78, 5) is 11.7. The van der Waals surface area contributed by atoms with Crippen molar-refractivity contribution >= 4 is 29.2 Å². The van der Waals surface area contributed by atoms with E-state index in [1.807, 2.05) is 6.07 Å². The van der Waals surface area contributed by atoms with Crippen molar-refractivity contribution < 1.29 is 19.0 Å². The highest BCUT2D eigenvalue weighted by Gasteiger charge is 2.21. The largest absolute Gasteiger partial charge is 0.477 e. The number of methoxy groups -OCH3 is 1. The van der Waals surface area contributed by atoms with E-state index in [4.69, 9.17) is 37.4 Å². The minimum Gasteiger partial charge on any atom is -0.477 e. The summed E-state index contributed by atoms with van der Waals surface area (Å²) in [5, 5.41) is 10.1. The highest BCUT2D eigenvalue weighted by molar-refractivity contribution is 6.35. The molecule has 2 aromatic rings. The normalized spacial score (nSPS) is 11.3. The molecule has 0 aromatic heterocycles. The third kappa shape index (κ3) is 4.79. The zero-order valence-corrected chi connectivity index (χ0v) is 15.1. The summed E-state index contributed by atoms with van der Waals surface area (Å²) >= 11 is 12.0. The van der Waals surface area contributed by atoms with E-state index >= 15 is 0 Å². The van der Waals surface area contributed by atoms with Gasteiger partial charge in [0, 0.05) is 11.1 Å². The number of carbonyl (C=O) groups excluding carboxylic acids is 1. The summed E-state index contributed by atoms with van der Waals surface area (Å²) in [6.45, 7) is 1.78. The van der Waals surface area contributed by atoms with Gasteiger partial charge in [-0.3, -0.25) is 0 Å². The molecule has 1 atom stereocenters. The van der Waals surface area contributed by atoms with Gasteiger partial charge >= 0.3 is 5.97 Å². The van der Waals surface area contributed by atoms with Gasteiger partial charge < -0.3 is 14.2 Å². The van der Waals surface area contributed by atoms with Crippen LogP contribution in [0.3, 0.4) is 0 Å². The number of nitriles is 1. The molecule has 2 aromatic carbocycles. The Morgan fingerprint density at radius 3 is 2.56 bits per heavy atom. The lowest BCUT2D eigenvalue weighted by Crippen LogP contribution is -2.28. The second kappa shape index (κ2) is 8.61. The number of hydrogen-bond acceptors (Lipinski definition) is 5. The van der Waals surface area contributed by atoms with Gasteiger partial charge in [-0.25, -0.2) is 4.79 Å². The zero-order chi connectivity index (χ0) is 18.4. The van der Waals surface area contributed by atoms with Crippen molar-refractivity contribution in [3.05, 3.63) is 52.0 Å². The Morgan fingerprint density at radius 2 is 1.96 bits per heavy atom. The molecular formula is C18H15Cl2NO4. The van der Waals surface area contributed by atoms with Crippen molar-refractivity contribution in [2.24, 2.45) is 0 Å². The van der Waals surface area contributed by atoms with Gasteiger partial charge in [0.15, 0.2) is 6.10 Å². The molecule has 0 spiro atoms. The number of halogens is 2. The van der Waals surface area contributed by atoms with Gasteiger partial charge in [0.1, 0.15) is 23.3 Å². The quantitative estimate of drug-likeness (QED) is 0.661. The number of hydrogen-bond donors (Lipinski definition) is 0. The fourth-order valence-electron chi connectivity index (χ4n) is 2.02. The van der Waals surface area contributed by atoms with E-state index in [1.165, 1.54) is 13.2 Å². The van der Waals surface area contributed by atoms with Crippen LogP contribution in [0.4, 0.5) is 0 Å². The molecule has 0 amide bonds. The predicted octanol–water partition coefficient (Wildman–Crippen LogP) is 4.99. The maximum atomic E-state index is 11.7. The first kappa shape index (κ1) is 18.9. The highest BCUT2D eigenvalue weighted by Crippen LogP contribution is 2.34. The first-order valence-corrected chi connectivity index (χ1v) is 8.15. The van der Waals surface area contributed by atoms with Crippen LogP contribution in [0, 0.1) is 11.3 Å². The van der Waals surface area contributed by atoms with Crippen LogP contribution in [-0.2, 0) is 9.53 Å². The van der Waals surface area contributed by atoms with Gasteiger partial charge in [-0.15, -0.1) is 0 Å². The lowest BCUT2D eigenvalue weighted by atomic mass is 10.2. The maximum absolute atomic E-state index is 11.7. The molecule has 25 heavy (non-hydrogen) atoms. The van der Waals surface area contributed by atoms with Gasteiger partial charge in [-0.05, 0) is 36.8 Å². The van der Waals surface area contributed by atoms with Crippen LogP contribution < -0.4 is 9.47 Å². The molecule has 0 heterocycles. The zero-order valence-electron chi connectivity index (χ0n) is 13.6. The molecule has 5 nitrogen and oxygen atoms in total. The Balaban J connectivity index is 2.30. The fourth-order valence-corrected chi connectivity index (χ4v) is 2.47. The maximum Gasteiger partial charge on any atom is 0.347 e. The summed E-state index contributed by atoms with van der Waals surface area (Å²) in [6, 6.07) is 11.5. The average molecular weight is 380 g/mol. The number of nitrogens with zero attached hydrogens (tertiary/aromatic N) is 1. The molecule has 0 bridgehead atoms. The van der Waals surface area contributed by atoms with Gasteiger partial charge in [0.2, 0.25) is 0 Å². The van der Waals surface area contributed by atoms with E-state index in [2.05, 4.69) is 0 Å². The van der Waals surface area contributed by atoms with E-state index < -0.39 is 12.1 Å². The predicted molar refractivity (Wildman–Crippen MR) is 94.4 cm³/mol. The topological polar surface area (TPSA) is 68.5 Å². The minimum atomic E-state index is -0.813. The fraction of sp³-hybridized carbons (Fsp3) is 0.222. The monoisotopic (exact) mass is 379 g/mol. The Hall–Kier alpha value is -2.42. The number of benzene rings is 2. The van der Waals surface area contributed by atoms with Crippen molar-refractivity contribution in [3.63, 3.8) is 0 Å². The second-order valence-corrected chi connectivity index (χ2v) is 5.83. The molecule has 7 heteroatoms. The summed E-state index contributed by atoms with van der Waals surface area (Å²) in [5.41, 5.74) is 0.275. The van der Waals surface area contributed by atoms with Crippen molar-refractivity contribution in [1.29, 1.82) is 5.26 Å². The molecule has 0 N–H and O–H groups in total. The summed E-state index contributed by atoms with van der Waals surface area (Å²) in [5.74, 6) is 0.514. The van der Waals surface area contributed by atoms with Gasteiger partial charge in [0.05, 0.1) is 17.7 Å². The lowest BCUT2D eigenvalue weighted by molar-refractivity contribution is -0.148. The van der Waals surface area contributed by atoms with Crippen LogP contribution in [0.2, 0.25) is 10.0 Å². The van der Waals surface area contributed by atoms with Crippen LogP contribution >= 0.6 is 23.2 Å². The Kier molecular flexibility index (Phi) is 6.51. The Bertz CT molecular complexity index is 817. The third-order valence-electron chi connectivity index (χ3n) is 3.30. The number of carbonyl (C=O) groups is 1. The highest BCUT2D eigenvalue weighted by atomic mass is 35.5. The SMILES string of the molecule is CCC(Oc1cc(Oc2ccc(Cl)cc2Cl)ccc1C#N)C(=O)OC. The van der Waals surface area contributed by atoms with E-state index in [1.54, 1.807) is 37.3 Å². The Morgan fingerprint density at radius 1 is 1.20 bits per heavy atom. The first-order chi connectivity index (χ1) is 12.0.